The molecule has 0 aromatic heterocycles. The van der Waals surface area contributed by atoms with Gasteiger partial charge in [0.05, 0.1) is 54.1 Å². The SMILES string of the molecule is Cc1ccc([C@@]2(C#N)[C@H](CC(C)(C)C)NC(C(=O)NCCOCCOCCOc3ccc(C(=O)N[C@H]4C(C)(C)[C@H](Oc5ccc(C#N)c(Cl)c5)C4(C)C)cc3)[C@@H]2c2cccc(Cl)c2F)c(F)c1. The van der Waals surface area contributed by atoms with Crippen molar-refractivity contribution in [3.05, 3.63) is 128 Å². The van der Waals surface area contributed by atoms with Gasteiger partial charge in [0, 0.05) is 52.6 Å². The highest BCUT2D eigenvalue weighted by molar-refractivity contribution is 6.32. The number of aryl methyl sites for hydroxylation is 1. The number of rotatable bonds is 18. The Kier molecular flexibility index (Phi) is 16.0. The van der Waals surface area contributed by atoms with Crippen LogP contribution in [0.25, 0.3) is 0 Å². The van der Waals surface area contributed by atoms with Crippen LogP contribution >= 0.6 is 23.2 Å². The first-order valence-corrected chi connectivity index (χ1v) is 23.1. The van der Waals surface area contributed by atoms with Crippen molar-refractivity contribution in [3.63, 3.8) is 0 Å². The van der Waals surface area contributed by atoms with Crippen molar-refractivity contribution >= 4 is 35.0 Å². The topological polar surface area (TPSA) is 155 Å². The van der Waals surface area contributed by atoms with Crippen LogP contribution in [0, 0.1) is 57.5 Å². The average molecular weight is 959 g/mol. The Bertz CT molecular complexity index is 2500. The van der Waals surface area contributed by atoms with Crippen molar-refractivity contribution in [2.75, 3.05) is 39.6 Å². The molecule has 2 fully saturated rings. The maximum absolute atomic E-state index is 16.0. The number of amides is 2. The Balaban J connectivity index is 0.948. The van der Waals surface area contributed by atoms with E-state index in [-0.39, 0.29) is 79.2 Å². The summed E-state index contributed by atoms with van der Waals surface area (Å²) in [5.74, 6) is -2.08. The first-order chi connectivity index (χ1) is 31.6. The van der Waals surface area contributed by atoms with Gasteiger partial charge in [0.1, 0.15) is 47.3 Å². The van der Waals surface area contributed by atoms with Crippen LogP contribution in [0.15, 0.2) is 78.9 Å². The summed E-state index contributed by atoms with van der Waals surface area (Å²) in [6.07, 6.45) is 0.155. The second-order valence-electron chi connectivity index (χ2n) is 19.7. The second-order valence-corrected chi connectivity index (χ2v) is 20.6. The summed E-state index contributed by atoms with van der Waals surface area (Å²) < 4.78 is 55.5. The molecule has 0 bridgehead atoms. The van der Waals surface area contributed by atoms with Gasteiger partial charge in [0.15, 0.2) is 0 Å². The predicted molar refractivity (Wildman–Crippen MR) is 253 cm³/mol. The smallest absolute Gasteiger partial charge is 0.251 e. The molecule has 1 unspecified atom stereocenters. The van der Waals surface area contributed by atoms with Crippen LogP contribution < -0.4 is 25.4 Å². The van der Waals surface area contributed by atoms with Gasteiger partial charge in [-0.25, -0.2) is 8.78 Å². The Morgan fingerprint density at radius 3 is 2.12 bits per heavy atom. The van der Waals surface area contributed by atoms with Crippen LogP contribution in [0.5, 0.6) is 11.5 Å². The van der Waals surface area contributed by atoms with Gasteiger partial charge in [-0.15, -0.1) is 0 Å². The lowest BCUT2D eigenvalue weighted by atomic mass is 9.49. The van der Waals surface area contributed by atoms with E-state index in [9.17, 15) is 20.1 Å². The number of carbonyl (C=O) groups is 2. The number of hydrogen-bond acceptors (Lipinski definition) is 9. The van der Waals surface area contributed by atoms with Crippen molar-refractivity contribution in [1.29, 1.82) is 10.5 Å². The van der Waals surface area contributed by atoms with Gasteiger partial charge in [0.2, 0.25) is 5.91 Å². The highest BCUT2D eigenvalue weighted by Crippen LogP contribution is 2.56. The van der Waals surface area contributed by atoms with Crippen LogP contribution in [0.4, 0.5) is 8.78 Å². The van der Waals surface area contributed by atoms with Gasteiger partial charge in [-0.2, -0.15) is 10.5 Å². The van der Waals surface area contributed by atoms with E-state index in [1.807, 2.05) is 48.5 Å². The van der Waals surface area contributed by atoms with E-state index in [0.717, 1.165) is 0 Å². The third kappa shape index (κ3) is 11.0. The predicted octanol–water partition coefficient (Wildman–Crippen LogP) is 9.61. The molecular formula is C52H59Cl2F2N5O6. The summed E-state index contributed by atoms with van der Waals surface area (Å²) >= 11 is 12.5. The molecular weight excluding hydrogens is 900 g/mol. The number of nitrogens with zero attached hydrogens (tertiary/aromatic N) is 2. The molecule has 4 aromatic rings. The molecule has 0 spiro atoms. The van der Waals surface area contributed by atoms with E-state index in [1.165, 1.54) is 18.2 Å². The summed E-state index contributed by atoms with van der Waals surface area (Å²) in [6, 6.07) is 23.3. The van der Waals surface area contributed by atoms with Crippen LogP contribution in [-0.4, -0.2) is 75.6 Å². The Hall–Kier alpha value is -5.28. The molecule has 2 aliphatic rings. The number of nitriles is 2. The fourth-order valence-corrected chi connectivity index (χ4v) is 10.5. The fourth-order valence-electron chi connectivity index (χ4n) is 10.1. The highest BCUT2D eigenvalue weighted by Gasteiger charge is 2.64. The van der Waals surface area contributed by atoms with Gasteiger partial charge in [-0.1, -0.05) is 95.9 Å². The number of nitrogens with one attached hydrogen (secondary N) is 3. The lowest BCUT2D eigenvalue weighted by Gasteiger charge is -2.63. The van der Waals surface area contributed by atoms with Gasteiger partial charge < -0.3 is 34.9 Å². The normalized spacial score (nSPS) is 22.7. The zero-order chi connectivity index (χ0) is 48.9. The quantitative estimate of drug-likeness (QED) is 0.0828. The maximum Gasteiger partial charge on any atom is 0.251 e. The molecule has 11 nitrogen and oxygen atoms in total. The Morgan fingerprint density at radius 2 is 1.49 bits per heavy atom. The van der Waals surface area contributed by atoms with E-state index < -0.39 is 51.8 Å². The van der Waals surface area contributed by atoms with Crippen molar-refractivity contribution in [1.82, 2.24) is 16.0 Å². The molecule has 6 rings (SSSR count). The molecule has 1 heterocycles. The summed E-state index contributed by atoms with van der Waals surface area (Å²) in [5.41, 5.74) is -1.18. The fraction of sp³-hybridized carbons (Fsp3) is 0.462. The van der Waals surface area contributed by atoms with E-state index in [4.69, 9.17) is 42.1 Å². The van der Waals surface area contributed by atoms with Crippen LogP contribution in [-0.2, 0) is 19.7 Å². The summed E-state index contributed by atoms with van der Waals surface area (Å²) in [4.78, 5) is 27.4. The first kappa shape index (κ1) is 51.1. The van der Waals surface area contributed by atoms with Crippen molar-refractivity contribution in [2.24, 2.45) is 16.2 Å². The first-order valence-electron chi connectivity index (χ1n) is 22.4. The number of hydrogen-bond donors (Lipinski definition) is 3. The lowest BCUT2D eigenvalue weighted by Crippen LogP contribution is -2.74. The maximum atomic E-state index is 16.0. The van der Waals surface area contributed by atoms with Gasteiger partial charge in [-0.05, 0) is 78.4 Å². The molecule has 1 aliphatic carbocycles. The number of benzene rings is 4. The molecule has 2 amide bonds. The number of ether oxygens (including phenoxy) is 4. The summed E-state index contributed by atoms with van der Waals surface area (Å²) in [5, 5.41) is 29.8. The summed E-state index contributed by atoms with van der Waals surface area (Å²) in [6.45, 7) is 17.2. The summed E-state index contributed by atoms with van der Waals surface area (Å²) in [7, 11) is 0. The Morgan fingerprint density at radius 1 is 0.836 bits per heavy atom. The van der Waals surface area contributed by atoms with Crippen molar-refractivity contribution in [3.8, 4) is 23.6 Å². The molecule has 0 radical (unpaired) electrons. The molecule has 1 saturated heterocycles. The largest absolute Gasteiger partial charge is 0.491 e. The molecule has 1 aliphatic heterocycles. The zero-order valence-corrected chi connectivity index (χ0v) is 40.7. The minimum absolute atomic E-state index is 0.0446. The minimum Gasteiger partial charge on any atom is -0.491 e. The van der Waals surface area contributed by atoms with Crippen molar-refractivity contribution in [2.45, 2.75) is 97.4 Å². The molecule has 4 atom stereocenters. The standard InChI is InChI=1S/C52H59Cl2F2N5O6/c1-31-12-19-37(40(55)26-31)52(30-58)41(28-49(2,3)4)60-44(42(52)36-10-9-11-38(53)43(36)56)46(63)59-20-21-64-22-23-65-24-25-66-34-16-13-32(14-17-34)45(62)61-47-50(5,6)48(51(47,7)8)67-35-18-15-33(29-57)39(54)27-35/h9-19,26-27,41-42,44,47-48,60H,20-25,28H2,1-8H3,(H,59,63)(H,61,62)/t41-,42-,44?,47-,48-,52-/m0/s1. The molecule has 3 N–H and O–H groups in total. The Labute approximate surface area is 402 Å². The molecule has 356 valence electrons. The van der Waals surface area contributed by atoms with Crippen LogP contribution in [0.2, 0.25) is 10.0 Å². The van der Waals surface area contributed by atoms with E-state index >= 15 is 8.78 Å². The molecule has 1 saturated carbocycles. The van der Waals surface area contributed by atoms with E-state index in [0.29, 0.717) is 39.6 Å². The monoisotopic (exact) mass is 957 g/mol. The minimum atomic E-state index is -1.67. The second kappa shape index (κ2) is 20.9. The molecule has 67 heavy (non-hydrogen) atoms. The zero-order valence-electron chi connectivity index (χ0n) is 39.2. The highest BCUT2D eigenvalue weighted by atomic mass is 35.5. The van der Waals surface area contributed by atoms with Gasteiger partial charge in [-0.3, -0.25) is 9.59 Å². The van der Waals surface area contributed by atoms with Gasteiger partial charge in [0.25, 0.3) is 5.91 Å². The third-order valence-electron chi connectivity index (χ3n) is 12.9. The average Bonchev–Trinajstić information content (AvgIpc) is 3.58. The van der Waals surface area contributed by atoms with Crippen LogP contribution in [0.3, 0.4) is 0 Å². The number of halogens is 4. The van der Waals surface area contributed by atoms with Crippen molar-refractivity contribution < 1.29 is 37.3 Å². The molecule has 4 aromatic carbocycles. The van der Waals surface area contributed by atoms with Crippen LogP contribution in [0.1, 0.15) is 93.4 Å². The van der Waals surface area contributed by atoms with Gasteiger partial charge >= 0.3 is 0 Å². The molecule has 15 heteroatoms. The van der Waals surface area contributed by atoms with E-state index in [2.05, 4.69) is 28.1 Å². The number of carbonyl (C=O) groups excluding carboxylic acids is 2. The van der Waals surface area contributed by atoms with E-state index in [1.54, 1.807) is 67.6 Å². The third-order valence-corrected chi connectivity index (χ3v) is 13.5. The lowest BCUT2D eigenvalue weighted by molar-refractivity contribution is -0.164.